The van der Waals surface area contributed by atoms with Gasteiger partial charge in [0.15, 0.2) is 0 Å². The zero-order valence-electron chi connectivity index (χ0n) is 15.0. The molecular formula is C19H25N3O3. The van der Waals surface area contributed by atoms with Crippen LogP contribution in [0, 0.1) is 0 Å². The van der Waals surface area contributed by atoms with Crippen LogP contribution in [0.3, 0.4) is 0 Å². The van der Waals surface area contributed by atoms with Gasteiger partial charge in [-0.25, -0.2) is 9.78 Å². The number of benzene rings is 1. The van der Waals surface area contributed by atoms with E-state index >= 15 is 0 Å². The number of ether oxygens (including phenoxy) is 1. The summed E-state index contributed by atoms with van der Waals surface area (Å²) in [7, 11) is 1.69. The molecule has 0 aliphatic carbocycles. The van der Waals surface area contributed by atoms with Crippen LogP contribution in [0.2, 0.25) is 0 Å². The molecule has 3 rings (SSSR count). The Kier molecular flexibility index (Phi) is 5.38. The van der Waals surface area contributed by atoms with Gasteiger partial charge in [-0.15, -0.1) is 0 Å². The molecule has 1 aliphatic rings. The van der Waals surface area contributed by atoms with Crippen molar-refractivity contribution >= 4 is 11.7 Å². The lowest BCUT2D eigenvalue weighted by Gasteiger charge is -2.31. The Labute approximate surface area is 148 Å². The van der Waals surface area contributed by atoms with Crippen molar-refractivity contribution in [3.05, 3.63) is 36.2 Å². The number of hydrogen-bond donors (Lipinski definition) is 1. The Morgan fingerprint density at radius 1 is 1.36 bits per heavy atom. The SMILES string of the molecule is CO[C@@H]1CCCN(C(=O)Nc2ccc(-c3ncc(C(C)C)o3)cc2)C1. The van der Waals surface area contributed by atoms with Crippen molar-refractivity contribution in [3.8, 4) is 11.5 Å². The minimum absolute atomic E-state index is 0.0901. The number of urea groups is 1. The molecule has 134 valence electrons. The van der Waals surface area contributed by atoms with E-state index in [9.17, 15) is 4.79 Å². The molecule has 0 saturated carbocycles. The fraction of sp³-hybridized carbons (Fsp3) is 0.474. The number of likely N-dealkylation sites (tertiary alicyclic amines) is 1. The van der Waals surface area contributed by atoms with Gasteiger partial charge in [0.1, 0.15) is 5.76 Å². The second-order valence-electron chi connectivity index (χ2n) is 6.68. The van der Waals surface area contributed by atoms with Crippen LogP contribution < -0.4 is 5.32 Å². The Bertz CT molecular complexity index is 709. The molecule has 1 aliphatic heterocycles. The van der Waals surface area contributed by atoms with Gasteiger partial charge in [-0.1, -0.05) is 13.8 Å². The first-order chi connectivity index (χ1) is 12.1. The molecule has 25 heavy (non-hydrogen) atoms. The van der Waals surface area contributed by atoms with Crippen LogP contribution in [0.4, 0.5) is 10.5 Å². The van der Waals surface area contributed by atoms with E-state index in [0.717, 1.165) is 36.4 Å². The molecule has 0 unspecified atom stereocenters. The van der Waals surface area contributed by atoms with Crippen LogP contribution in [-0.4, -0.2) is 42.2 Å². The molecule has 6 heteroatoms. The number of rotatable bonds is 4. The van der Waals surface area contributed by atoms with E-state index in [2.05, 4.69) is 24.1 Å². The summed E-state index contributed by atoms with van der Waals surface area (Å²) in [5, 5.41) is 2.94. The molecule has 1 aromatic carbocycles. The van der Waals surface area contributed by atoms with Gasteiger partial charge in [0.05, 0.1) is 12.3 Å². The highest BCUT2D eigenvalue weighted by Gasteiger charge is 2.23. The summed E-state index contributed by atoms with van der Waals surface area (Å²) < 4.78 is 11.1. The number of aromatic nitrogens is 1. The molecule has 2 amide bonds. The smallest absolute Gasteiger partial charge is 0.321 e. The van der Waals surface area contributed by atoms with E-state index in [0.29, 0.717) is 18.4 Å². The van der Waals surface area contributed by atoms with Crippen LogP contribution in [0.15, 0.2) is 34.9 Å². The van der Waals surface area contributed by atoms with Crippen LogP contribution in [0.25, 0.3) is 11.5 Å². The number of hydrogen-bond acceptors (Lipinski definition) is 4. The Morgan fingerprint density at radius 2 is 2.12 bits per heavy atom. The number of carbonyl (C=O) groups excluding carboxylic acids is 1. The van der Waals surface area contributed by atoms with Crippen molar-refractivity contribution in [3.63, 3.8) is 0 Å². The molecule has 1 N–H and O–H groups in total. The zero-order valence-corrected chi connectivity index (χ0v) is 15.0. The fourth-order valence-electron chi connectivity index (χ4n) is 2.90. The van der Waals surface area contributed by atoms with E-state index < -0.39 is 0 Å². The number of amides is 2. The number of anilines is 1. The Hall–Kier alpha value is -2.34. The number of methoxy groups -OCH3 is 1. The van der Waals surface area contributed by atoms with Crippen LogP contribution >= 0.6 is 0 Å². The molecule has 1 atom stereocenters. The van der Waals surface area contributed by atoms with Crippen LogP contribution in [0.5, 0.6) is 0 Å². The summed E-state index contributed by atoms with van der Waals surface area (Å²) in [6.45, 7) is 5.53. The summed E-state index contributed by atoms with van der Waals surface area (Å²) in [5.74, 6) is 1.77. The molecule has 1 saturated heterocycles. The summed E-state index contributed by atoms with van der Waals surface area (Å²) in [6, 6.07) is 7.45. The quantitative estimate of drug-likeness (QED) is 0.907. The van der Waals surface area contributed by atoms with E-state index in [1.54, 1.807) is 18.2 Å². The molecule has 0 radical (unpaired) electrons. The number of nitrogens with one attached hydrogen (secondary N) is 1. The highest BCUT2D eigenvalue weighted by molar-refractivity contribution is 5.89. The lowest BCUT2D eigenvalue weighted by atomic mass is 10.1. The van der Waals surface area contributed by atoms with Gasteiger partial charge in [0, 0.05) is 37.4 Å². The normalized spacial score (nSPS) is 17.8. The average molecular weight is 343 g/mol. The van der Waals surface area contributed by atoms with E-state index in [1.807, 2.05) is 24.3 Å². The molecule has 2 heterocycles. The molecular weight excluding hydrogens is 318 g/mol. The van der Waals surface area contributed by atoms with E-state index in [-0.39, 0.29) is 12.1 Å². The number of carbonyl (C=O) groups is 1. The van der Waals surface area contributed by atoms with Gasteiger partial charge in [-0.2, -0.15) is 0 Å². The predicted octanol–water partition coefficient (Wildman–Crippen LogP) is 4.11. The Balaban J connectivity index is 1.63. The minimum atomic E-state index is -0.0901. The van der Waals surface area contributed by atoms with Gasteiger partial charge in [-0.05, 0) is 37.1 Å². The number of nitrogens with zero attached hydrogens (tertiary/aromatic N) is 2. The molecule has 2 aromatic rings. The second kappa shape index (κ2) is 7.70. The summed E-state index contributed by atoms with van der Waals surface area (Å²) in [4.78, 5) is 18.5. The van der Waals surface area contributed by atoms with E-state index in [1.165, 1.54) is 0 Å². The maximum atomic E-state index is 12.4. The maximum absolute atomic E-state index is 12.4. The third-order valence-corrected chi connectivity index (χ3v) is 4.47. The van der Waals surface area contributed by atoms with Gasteiger partial charge < -0.3 is 19.4 Å². The highest BCUT2D eigenvalue weighted by atomic mass is 16.5. The summed E-state index contributed by atoms with van der Waals surface area (Å²) in [5.41, 5.74) is 1.64. The predicted molar refractivity (Wildman–Crippen MR) is 96.7 cm³/mol. The van der Waals surface area contributed by atoms with Crippen molar-refractivity contribution in [1.29, 1.82) is 0 Å². The molecule has 1 aromatic heterocycles. The maximum Gasteiger partial charge on any atom is 0.321 e. The number of oxazole rings is 1. The molecule has 6 nitrogen and oxygen atoms in total. The third-order valence-electron chi connectivity index (χ3n) is 4.47. The van der Waals surface area contributed by atoms with Crippen molar-refractivity contribution in [2.75, 3.05) is 25.5 Å². The highest BCUT2D eigenvalue weighted by Crippen LogP contribution is 2.24. The topological polar surface area (TPSA) is 67.6 Å². The summed E-state index contributed by atoms with van der Waals surface area (Å²) >= 11 is 0. The standard InChI is InChI=1S/C19H25N3O3/c1-13(2)17-11-20-18(25-17)14-6-8-15(9-7-14)21-19(23)22-10-4-5-16(12-22)24-3/h6-9,11,13,16H,4-5,10,12H2,1-3H3,(H,21,23)/t16-/m1/s1. The van der Waals surface area contributed by atoms with E-state index in [4.69, 9.17) is 9.15 Å². The molecule has 0 bridgehead atoms. The molecule has 1 fully saturated rings. The first kappa shape index (κ1) is 17.5. The van der Waals surface area contributed by atoms with Gasteiger partial charge in [0.25, 0.3) is 0 Å². The van der Waals surface area contributed by atoms with Gasteiger partial charge in [-0.3, -0.25) is 0 Å². The summed E-state index contributed by atoms with van der Waals surface area (Å²) in [6.07, 6.45) is 3.86. The van der Waals surface area contributed by atoms with Crippen molar-refractivity contribution in [1.82, 2.24) is 9.88 Å². The molecule has 0 spiro atoms. The van der Waals surface area contributed by atoms with Crippen molar-refractivity contribution < 1.29 is 13.9 Å². The largest absolute Gasteiger partial charge is 0.441 e. The number of piperidine rings is 1. The second-order valence-corrected chi connectivity index (χ2v) is 6.68. The minimum Gasteiger partial charge on any atom is -0.441 e. The van der Waals surface area contributed by atoms with Crippen LogP contribution in [0.1, 0.15) is 38.4 Å². The Morgan fingerprint density at radius 3 is 2.76 bits per heavy atom. The van der Waals surface area contributed by atoms with Gasteiger partial charge >= 0.3 is 6.03 Å². The van der Waals surface area contributed by atoms with Crippen molar-refractivity contribution in [2.24, 2.45) is 0 Å². The van der Waals surface area contributed by atoms with Crippen LogP contribution in [-0.2, 0) is 4.74 Å². The third kappa shape index (κ3) is 4.20. The average Bonchev–Trinajstić information content (AvgIpc) is 3.13. The first-order valence-corrected chi connectivity index (χ1v) is 8.71. The lowest BCUT2D eigenvalue weighted by molar-refractivity contribution is 0.0458. The lowest BCUT2D eigenvalue weighted by Crippen LogP contribution is -2.44. The zero-order chi connectivity index (χ0) is 17.8. The fourth-order valence-corrected chi connectivity index (χ4v) is 2.90. The first-order valence-electron chi connectivity index (χ1n) is 8.71. The van der Waals surface area contributed by atoms with Crippen molar-refractivity contribution in [2.45, 2.75) is 38.7 Å². The van der Waals surface area contributed by atoms with Gasteiger partial charge in [0.2, 0.25) is 5.89 Å². The monoisotopic (exact) mass is 343 g/mol.